The maximum absolute atomic E-state index is 9.27. The van der Waals surface area contributed by atoms with E-state index in [9.17, 15) is 5.11 Å². The smallest absolute Gasteiger partial charge is 0.112 e. The molecule has 2 atom stereocenters. The predicted octanol–water partition coefficient (Wildman–Crippen LogP) is 3.60. The highest BCUT2D eigenvalue weighted by Gasteiger charge is 2.70. The van der Waals surface area contributed by atoms with Crippen LogP contribution in [0.2, 0.25) is 0 Å². The number of fused-ring (bicyclic) bond motifs is 2. The van der Waals surface area contributed by atoms with Crippen molar-refractivity contribution in [2.24, 2.45) is 5.41 Å². The minimum absolute atomic E-state index is 0.165. The Labute approximate surface area is 109 Å². The zero-order valence-corrected chi connectivity index (χ0v) is 11.3. The van der Waals surface area contributed by atoms with Crippen LogP contribution in [-0.2, 0) is 0 Å². The Kier molecular flexibility index (Phi) is 2.48. The van der Waals surface area contributed by atoms with E-state index in [1.807, 2.05) is 13.8 Å². The first kappa shape index (κ1) is 12.1. The summed E-state index contributed by atoms with van der Waals surface area (Å²) in [6.07, 6.45) is 1.72. The lowest BCUT2D eigenvalue weighted by molar-refractivity contribution is 0.286. The van der Waals surface area contributed by atoms with Crippen LogP contribution in [0.15, 0.2) is 21.7 Å². The van der Waals surface area contributed by atoms with E-state index in [4.69, 9.17) is 46.4 Å². The van der Waals surface area contributed by atoms with Gasteiger partial charge in [0.1, 0.15) is 9.75 Å². The molecule has 2 unspecified atom stereocenters. The van der Waals surface area contributed by atoms with E-state index >= 15 is 0 Å². The third-order valence-corrected chi connectivity index (χ3v) is 6.50. The summed E-state index contributed by atoms with van der Waals surface area (Å²) in [5.41, 5.74) is 0.0774. The van der Waals surface area contributed by atoms with Crippen LogP contribution in [0.5, 0.6) is 0 Å². The summed E-state index contributed by atoms with van der Waals surface area (Å²) in [4.78, 5) is -1.87. The highest BCUT2D eigenvalue weighted by molar-refractivity contribution is 6.53. The van der Waals surface area contributed by atoms with E-state index < -0.39 is 15.2 Å². The van der Waals surface area contributed by atoms with E-state index in [0.29, 0.717) is 15.6 Å². The molecule has 0 aliphatic heterocycles. The van der Waals surface area contributed by atoms with Crippen LogP contribution in [0, 0.1) is 5.41 Å². The van der Waals surface area contributed by atoms with Gasteiger partial charge in [0.2, 0.25) is 0 Å². The molecule has 0 aromatic heterocycles. The Morgan fingerprint density at radius 1 is 1.20 bits per heavy atom. The Hall–Kier alpha value is 0.600. The fourth-order valence-corrected chi connectivity index (χ4v) is 4.20. The fourth-order valence-electron chi connectivity index (χ4n) is 2.39. The monoisotopic (exact) mass is 286 g/mol. The summed E-state index contributed by atoms with van der Waals surface area (Å²) in [5.74, 6) is 0. The van der Waals surface area contributed by atoms with Crippen LogP contribution < -0.4 is 0 Å². The van der Waals surface area contributed by atoms with Crippen molar-refractivity contribution in [2.45, 2.75) is 23.6 Å². The number of allylic oxidation sites excluding steroid dienone is 3. The normalized spacial score (nSPS) is 42.5. The molecule has 0 fully saturated rings. The molecule has 1 N–H and O–H groups in total. The third-order valence-electron chi connectivity index (χ3n) is 3.57. The van der Waals surface area contributed by atoms with Gasteiger partial charge in [0, 0.05) is 5.41 Å². The van der Waals surface area contributed by atoms with Crippen molar-refractivity contribution >= 4 is 46.4 Å². The molecule has 0 spiro atoms. The number of hydrogen-bond donors (Lipinski definition) is 1. The van der Waals surface area contributed by atoms with Gasteiger partial charge in [0.15, 0.2) is 0 Å². The van der Waals surface area contributed by atoms with E-state index in [-0.39, 0.29) is 6.61 Å². The van der Waals surface area contributed by atoms with Crippen LogP contribution in [0.3, 0.4) is 0 Å². The molecule has 0 saturated carbocycles. The standard InChI is InChI=1S/C10H10Cl4O/c1-8(2)9(13)3-5(4-15)10(8,14)7(12)6(9)11/h3,15H,4H2,1-2H3. The topological polar surface area (TPSA) is 20.2 Å². The largest absolute Gasteiger partial charge is 0.392 e. The van der Waals surface area contributed by atoms with Crippen LogP contribution >= 0.6 is 46.4 Å². The predicted molar refractivity (Wildman–Crippen MR) is 64.8 cm³/mol. The Morgan fingerprint density at radius 3 is 2.07 bits per heavy atom. The maximum Gasteiger partial charge on any atom is 0.112 e. The molecule has 2 rings (SSSR count). The molecule has 0 saturated heterocycles. The third kappa shape index (κ3) is 1.02. The molecule has 0 amide bonds. The molecule has 0 aromatic rings. The molecule has 0 radical (unpaired) electrons. The highest BCUT2D eigenvalue weighted by Crippen LogP contribution is 2.71. The molecule has 2 aliphatic carbocycles. The van der Waals surface area contributed by atoms with Crippen LogP contribution in [-0.4, -0.2) is 21.5 Å². The maximum atomic E-state index is 9.27. The number of aliphatic hydroxyl groups excluding tert-OH is 1. The average Bonchev–Trinajstić information content (AvgIpc) is 2.39. The van der Waals surface area contributed by atoms with Crippen LogP contribution in [0.25, 0.3) is 0 Å². The van der Waals surface area contributed by atoms with Crippen LogP contribution in [0.1, 0.15) is 13.8 Å². The minimum Gasteiger partial charge on any atom is -0.392 e. The second-order valence-corrected chi connectivity index (χ2v) is 6.37. The van der Waals surface area contributed by atoms with Crippen LogP contribution in [0.4, 0.5) is 0 Å². The number of rotatable bonds is 1. The van der Waals surface area contributed by atoms with Crippen molar-refractivity contribution < 1.29 is 5.11 Å². The second-order valence-electron chi connectivity index (χ2n) is 4.45. The van der Waals surface area contributed by atoms with Gasteiger partial charge in [-0.2, -0.15) is 0 Å². The van der Waals surface area contributed by atoms with Crippen molar-refractivity contribution in [2.75, 3.05) is 6.61 Å². The molecular formula is C10H10Cl4O. The van der Waals surface area contributed by atoms with Gasteiger partial charge in [-0.05, 0) is 5.57 Å². The lowest BCUT2D eigenvalue weighted by atomic mass is 9.77. The second kappa shape index (κ2) is 3.08. The summed E-state index contributed by atoms with van der Waals surface area (Å²) < 4.78 is 0. The van der Waals surface area contributed by atoms with Crippen molar-refractivity contribution in [3.05, 3.63) is 21.7 Å². The lowest BCUT2D eigenvalue weighted by Crippen LogP contribution is -2.42. The summed E-state index contributed by atoms with van der Waals surface area (Å²) in [7, 11) is 0. The van der Waals surface area contributed by atoms with Crippen molar-refractivity contribution in [3.8, 4) is 0 Å². The molecule has 0 aromatic carbocycles. The minimum atomic E-state index is -0.970. The summed E-state index contributed by atoms with van der Waals surface area (Å²) in [5, 5.41) is 9.96. The van der Waals surface area contributed by atoms with E-state index in [0.717, 1.165) is 0 Å². The van der Waals surface area contributed by atoms with Gasteiger partial charge in [-0.3, -0.25) is 0 Å². The van der Waals surface area contributed by atoms with Gasteiger partial charge in [0.25, 0.3) is 0 Å². The molecule has 2 aliphatic rings. The number of halogens is 4. The average molecular weight is 288 g/mol. The molecule has 15 heavy (non-hydrogen) atoms. The highest BCUT2D eigenvalue weighted by atomic mass is 35.5. The van der Waals surface area contributed by atoms with Gasteiger partial charge in [-0.1, -0.05) is 43.1 Å². The number of alkyl halides is 2. The van der Waals surface area contributed by atoms with E-state index in [1.54, 1.807) is 6.08 Å². The zero-order chi connectivity index (χ0) is 11.6. The molecule has 1 nitrogen and oxygen atoms in total. The molecule has 0 heterocycles. The van der Waals surface area contributed by atoms with Gasteiger partial charge in [-0.25, -0.2) is 0 Å². The van der Waals surface area contributed by atoms with Gasteiger partial charge >= 0.3 is 0 Å². The van der Waals surface area contributed by atoms with Crippen molar-refractivity contribution in [3.63, 3.8) is 0 Å². The summed E-state index contributed by atoms with van der Waals surface area (Å²) >= 11 is 25.2. The van der Waals surface area contributed by atoms with E-state index in [2.05, 4.69) is 0 Å². The number of hydrogen-bond acceptors (Lipinski definition) is 1. The Balaban J connectivity index is 2.71. The molecular weight excluding hydrogens is 278 g/mol. The first-order chi connectivity index (χ1) is 6.73. The SMILES string of the molecule is CC1(C)C2(Cl)C=C(CO)C1(Cl)C(Cl)=C2Cl. The zero-order valence-electron chi connectivity index (χ0n) is 8.24. The molecule has 2 bridgehead atoms. The first-order valence-corrected chi connectivity index (χ1v) is 6.01. The lowest BCUT2D eigenvalue weighted by Gasteiger charge is -2.37. The van der Waals surface area contributed by atoms with Gasteiger partial charge in [-0.15, -0.1) is 23.2 Å². The quantitative estimate of drug-likeness (QED) is 0.577. The first-order valence-electron chi connectivity index (χ1n) is 4.50. The molecule has 5 heteroatoms. The van der Waals surface area contributed by atoms with E-state index in [1.165, 1.54) is 0 Å². The Morgan fingerprint density at radius 2 is 1.73 bits per heavy atom. The number of aliphatic hydroxyl groups is 1. The fraction of sp³-hybridized carbons (Fsp3) is 0.600. The van der Waals surface area contributed by atoms with Crippen molar-refractivity contribution in [1.82, 2.24) is 0 Å². The molecule has 84 valence electrons. The Bertz CT molecular complexity index is 398. The summed E-state index contributed by atoms with van der Waals surface area (Å²) in [6.45, 7) is 3.62. The summed E-state index contributed by atoms with van der Waals surface area (Å²) in [6, 6.07) is 0. The van der Waals surface area contributed by atoms with Gasteiger partial charge < -0.3 is 5.11 Å². The van der Waals surface area contributed by atoms with Gasteiger partial charge in [0.05, 0.1) is 16.7 Å². The van der Waals surface area contributed by atoms with Crippen molar-refractivity contribution in [1.29, 1.82) is 0 Å².